The molecule has 0 aliphatic heterocycles. The zero-order valence-electron chi connectivity index (χ0n) is 14.5. The van der Waals surface area contributed by atoms with Gasteiger partial charge in [-0.05, 0) is 39.0 Å². The van der Waals surface area contributed by atoms with Crippen molar-refractivity contribution in [2.24, 2.45) is 11.3 Å². The molecule has 1 nitrogen and oxygen atoms in total. The van der Waals surface area contributed by atoms with Crippen LogP contribution in [0.25, 0.3) is 0 Å². The van der Waals surface area contributed by atoms with E-state index in [0.29, 0.717) is 11.7 Å². The lowest BCUT2D eigenvalue weighted by atomic mass is 9.63. The van der Waals surface area contributed by atoms with E-state index >= 15 is 0 Å². The highest BCUT2D eigenvalue weighted by atomic mass is 29.3. The standard InChI is InChI=1S/C17H32OSi2/c1-13-16(20(6,7)19(3,4)5)12-15-10-8-9-11-17(13,15)14(2)18/h15H,8-12H2,1-7H3. The van der Waals surface area contributed by atoms with E-state index < -0.39 is 15.2 Å². The molecule has 0 amide bonds. The summed E-state index contributed by atoms with van der Waals surface area (Å²) in [5.41, 5.74) is 1.46. The van der Waals surface area contributed by atoms with Crippen molar-refractivity contribution in [1.82, 2.24) is 0 Å². The van der Waals surface area contributed by atoms with Crippen LogP contribution in [0.2, 0.25) is 32.7 Å². The number of allylic oxidation sites excluding steroid dienone is 2. The molecule has 2 aliphatic carbocycles. The number of fused-ring (bicyclic) bond motifs is 1. The molecule has 1 saturated carbocycles. The van der Waals surface area contributed by atoms with Crippen LogP contribution in [0, 0.1) is 11.3 Å². The summed E-state index contributed by atoms with van der Waals surface area (Å²) in [7, 11) is -2.50. The van der Waals surface area contributed by atoms with Gasteiger partial charge in [-0.25, -0.2) is 0 Å². The summed E-state index contributed by atoms with van der Waals surface area (Å²) < 4.78 is 0. The van der Waals surface area contributed by atoms with Gasteiger partial charge in [0.1, 0.15) is 5.78 Å². The lowest BCUT2D eigenvalue weighted by molar-refractivity contribution is -0.128. The van der Waals surface area contributed by atoms with Crippen molar-refractivity contribution in [3.63, 3.8) is 0 Å². The van der Waals surface area contributed by atoms with Gasteiger partial charge in [0.15, 0.2) is 0 Å². The number of rotatable bonds is 3. The molecule has 2 aliphatic rings. The van der Waals surface area contributed by atoms with Crippen LogP contribution < -0.4 is 0 Å². The Morgan fingerprint density at radius 1 is 1.15 bits per heavy atom. The first-order valence-corrected chi connectivity index (χ1v) is 15.8. The van der Waals surface area contributed by atoms with Crippen LogP contribution in [0.4, 0.5) is 0 Å². The second kappa shape index (κ2) is 4.94. The van der Waals surface area contributed by atoms with Crippen molar-refractivity contribution in [1.29, 1.82) is 0 Å². The maximum absolute atomic E-state index is 12.5. The lowest BCUT2D eigenvalue weighted by Crippen LogP contribution is -2.54. The fourth-order valence-electron chi connectivity index (χ4n) is 4.59. The molecule has 0 saturated heterocycles. The van der Waals surface area contributed by atoms with Crippen LogP contribution in [-0.4, -0.2) is 21.0 Å². The van der Waals surface area contributed by atoms with Crippen molar-refractivity contribution in [2.75, 3.05) is 0 Å². The van der Waals surface area contributed by atoms with E-state index in [9.17, 15) is 4.79 Å². The Hall–Kier alpha value is -0.156. The third-order valence-electron chi connectivity index (χ3n) is 6.90. The minimum absolute atomic E-state index is 0.0580. The molecule has 0 aromatic carbocycles. The average molecular weight is 309 g/mol. The summed E-state index contributed by atoms with van der Waals surface area (Å²) >= 11 is 0. The first kappa shape index (κ1) is 16.2. The summed E-state index contributed by atoms with van der Waals surface area (Å²) in [4.78, 5) is 12.5. The number of carbonyl (C=O) groups is 1. The number of carbonyl (C=O) groups excluding carboxylic acids is 1. The van der Waals surface area contributed by atoms with Crippen LogP contribution in [0.3, 0.4) is 0 Å². The van der Waals surface area contributed by atoms with Crippen LogP contribution in [0.1, 0.15) is 46.0 Å². The minimum atomic E-state index is -1.35. The molecule has 0 spiro atoms. The van der Waals surface area contributed by atoms with Crippen molar-refractivity contribution in [3.8, 4) is 0 Å². The van der Waals surface area contributed by atoms with Crippen LogP contribution in [-0.2, 0) is 4.79 Å². The molecule has 114 valence electrons. The van der Waals surface area contributed by atoms with Gasteiger partial charge in [-0.1, -0.05) is 56.3 Å². The normalized spacial score (nSPS) is 31.4. The highest BCUT2D eigenvalue weighted by Crippen LogP contribution is 2.57. The van der Waals surface area contributed by atoms with Crippen LogP contribution in [0.15, 0.2) is 10.8 Å². The smallest absolute Gasteiger partial charge is 0.140 e. The predicted molar refractivity (Wildman–Crippen MR) is 93.2 cm³/mol. The van der Waals surface area contributed by atoms with Gasteiger partial charge in [-0.2, -0.15) is 0 Å². The van der Waals surface area contributed by atoms with Gasteiger partial charge in [0.25, 0.3) is 0 Å². The van der Waals surface area contributed by atoms with Gasteiger partial charge < -0.3 is 0 Å². The Morgan fingerprint density at radius 2 is 1.75 bits per heavy atom. The maximum Gasteiger partial charge on any atom is 0.140 e. The molecular formula is C17H32OSi2. The zero-order valence-corrected chi connectivity index (χ0v) is 16.5. The summed E-state index contributed by atoms with van der Waals surface area (Å²) in [6.45, 7) is 16.9. The van der Waals surface area contributed by atoms with Gasteiger partial charge in [-0.15, -0.1) is 0 Å². The summed E-state index contributed by atoms with van der Waals surface area (Å²) in [6, 6.07) is 0. The topological polar surface area (TPSA) is 17.1 Å². The first-order chi connectivity index (χ1) is 9.05. The van der Waals surface area contributed by atoms with Gasteiger partial charge in [0.05, 0.1) is 13.0 Å². The molecular weight excluding hydrogens is 276 g/mol. The molecule has 3 heteroatoms. The van der Waals surface area contributed by atoms with E-state index in [-0.39, 0.29) is 5.41 Å². The number of hydrogen-bond donors (Lipinski definition) is 0. The zero-order chi connectivity index (χ0) is 15.3. The van der Waals surface area contributed by atoms with E-state index in [1.54, 1.807) is 5.20 Å². The molecule has 0 bridgehead atoms. The quantitative estimate of drug-likeness (QED) is 0.660. The SMILES string of the molecule is CC(=O)C12CCCCC1CC([Si](C)(C)[Si](C)(C)C)=C2C. The molecule has 0 aromatic rings. The molecule has 0 radical (unpaired) electrons. The predicted octanol–water partition coefficient (Wildman–Crippen LogP) is 5.14. The van der Waals surface area contributed by atoms with Gasteiger partial charge in [-0.3, -0.25) is 4.79 Å². The van der Waals surface area contributed by atoms with E-state index in [2.05, 4.69) is 39.7 Å². The molecule has 2 unspecified atom stereocenters. The second-order valence-corrected chi connectivity index (χ2v) is 25.3. The third kappa shape index (κ3) is 2.12. The Labute approximate surface area is 127 Å². The Balaban J connectivity index is 2.53. The maximum atomic E-state index is 12.5. The number of hydrogen-bond acceptors (Lipinski definition) is 1. The fraction of sp³-hybridized carbons (Fsp3) is 0.824. The molecule has 1 fully saturated rings. The van der Waals surface area contributed by atoms with E-state index in [4.69, 9.17) is 0 Å². The Bertz CT molecular complexity index is 456. The summed E-state index contributed by atoms with van der Waals surface area (Å²) in [5, 5.41) is 1.78. The second-order valence-electron chi connectivity index (χ2n) is 8.65. The Kier molecular flexibility index (Phi) is 4.01. The van der Waals surface area contributed by atoms with Gasteiger partial charge in [0, 0.05) is 7.59 Å². The van der Waals surface area contributed by atoms with Crippen molar-refractivity contribution < 1.29 is 4.79 Å². The fourth-order valence-corrected chi connectivity index (χ4v) is 11.0. The van der Waals surface area contributed by atoms with Crippen molar-refractivity contribution >= 4 is 21.0 Å². The summed E-state index contributed by atoms with van der Waals surface area (Å²) in [6.07, 6.45) is 6.22. The molecule has 0 heterocycles. The molecule has 0 N–H and O–H groups in total. The van der Waals surface area contributed by atoms with E-state index in [1.807, 2.05) is 6.92 Å². The largest absolute Gasteiger partial charge is 0.299 e. The highest BCUT2D eigenvalue weighted by molar-refractivity contribution is 7.43. The van der Waals surface area contributed by atoms with Crippen LogP contribution >= 0.6 is 0 Å². The highest BCUT2D eigenvalue weighted by Gasteiger charge is 2.55. The summed E-state index contributed by atoms with van der Waals surface area (Å²) in [5.74, 6) is 1.09. The van der Waals surface area contributed by atoms with Crippen LogP contribution in [0.5, 0.6) is 0 Å². The van der Waals surface area contributed by atoms with E-state index in [0.717, 1.165) is 6.42 Å². The Morgan fingerprint density at radius 3 is 2.20 bits per heavy atom. The monoisotopic (exact) mass is 308 g/mol. The van der Waals surface area contributed by atoms with Gasteiger partial charge in [0.2, 0.25) is 0 Å². The van der Waals surface area contributed by atoms with Crippen molar-refractivity contribution in [2.45, 2.75) is 78.7 Å². The average Bonchev–Trinajstić information content (AvgIpc) is 2.63. The molecule has 0 aromatic heterocycles. The van der Waals surface area contributed by atoms with Crippen molar-refractivity contribution in [3.05, 3.63) is 10.8 Å². The first-order valence-electron chi connectivity index (χ1n) is 8.27. The number of ketones is 1. The minimum Gasteiger partial charge on any atom is -0.299 e. The molecule has 2 atom stereocenters. The molecule has 2 rings (SSSR count). The lowest BCUT2D eigenvalue weighted by Gasteiger charge is -2.39. The van der Waals surface area contributed by atoms with E-state index in [1.165, 1.54) is 31.3 Å². The number of Topliss-reactive ketones (excluding diaryl/α,β-unsaturated/α-hetero) is 1. The molecule has 20 heavy (non-hydrogen) atoms. The third-order valence-corrected chi connectivity index (χ3v) is 24.9. The van der Waals surface area contributed by atoms with Gasteiger partial charge >= 0.3 is 0 Å².